The van der Waals surface area contributed by atoms with Crippen LogP contribution in [0.4, 0.5) is 4.39 Å². The van der Waals surface area contributed by atoms with Gasteiger partial charge in [0.2, 0.25) is 0 Å². The molecule has 7 nitrogen and oxygen atoms in total. The first-order chi connectivity index (χ1) is 12.9. The molecule has 0 saturated heterocycles. The highest BCUT2D eigenvalue weighted by Gasteiger charge is 2.19. The molecule has 0 saturated carbocycles. The third-order valence-electron chi connectivity index (χ3n) is 3.58. The largest absolute Gasteiger partial charge is 0.481 e. The highest BCUT2D eigenvalue weighted by atomic mass is 19.1. The zero-order chi connectivity index (χ0) is 19.8. The van der Waals surface area contributed by atoms with Crippen LogP contribution in [-0.4, -0.2) is 29.9 Å². The topological polar surface area (TPSA) is 96.5 Å². The molecule has 0 fully saturated rings. The van der Waals surface area contributed by atoms with Gasteiger partial charge in [0.15, 0.2) is 6.10 Å². The lowest BCUT2D eigenvalue weighted by molar-refractivity contribution is -0.133. The normalized spacial score (nSPS) is 12.4. The van der Waals surface area contributed by atoms with Crippen molar-refractivity contribution in [1.29, 1.82) is 0 Å². The number of benzene rings is 2. The smallest absolute Gasteiger partial charge is 0.279 e. The minimum Gasteiger partial charge on any atom is -0.481 e. The van der Waals surface area contributed by atoms with E-state index >= 15 is 0 Å². The lowest BCUT2D eigenvalue weighted by Crippen LogP contribution is -2.53. The van der Waals surface area contributed by atoms with E-state index in [4.69, 9.17) is 4.74 Å². The number of carbonyl (C=O) groups excluding carboxylic acids is 3. The lowest BCUT2D eigenvalue weighted by Gasteiger charge is -2.17. The maximum absolute atomic E-state index is 12.9. The van der Waals surface area contributed by atoms with Gasteiger partial charge in [-0.3, -0.25) is 25.2 Å². The van der Waals surface area contributed by atoms with Gasteiger partial charge in [0.05, 0.1) is 0 Å². The molecule has 0 heterocycles. The second-order valence-corrected chi connectivity index (χ2v) is 5.75. The van der Waals surface area contributed by atoms with Crippen molar-refractivity contribution in [2.24, 2.45) is 0 Å². The maximum Gasteiger partial charge on any atom is 0.279 e. The first kappa shape index (κ1) is 19.9. The van der Waals surface area contributed by atoms with Crippen LogP contribution in [-0.2, 0) is 9.59 Å². The molecule has 0 aliphatic carbocycles. The molecule has 3 amide bonds. The molecule has 2 unspecified atom stereocenters. The fourth-order valence-electron chi connectivity index (χ4n) is 2.04. The summed E-state index contributed by atoms with van der Waals surface area (Å²) in [4.78, 5) is 36.0. The first-order valence-corrected chi connectivity index (χ1v) is 8.24. The minimum absolute atomic E-state index is 0.314. The molecule has 27 heavy (non-hydrogen) atoms. The van der Waals surface area contributed by atoms with Gasteiger partial charge in [-0.2, -0.15) is 0 Å². The highest BCUT2D eigenvalue weighted by molar-refractivity contribution is 5.97. The third kappa shape index (κ3) is 6.10. The van der Waals surface area contributed by atoms with Crippen LogP contribution in [0.15, 0.2) is 54.6 Å². The van der Waals surface area contributed by atoms with Crippen molar-refractivity contribution in [1.82, 2.24) is 16.2 Å². The second kappa shape index (κ2) is 9.33. The molecule has 2 atom stereocenters. The average Bonchev–Trinajstić information content (AvgIpc) is 2.68. The monoisotopic (exact) mass is 373 g/mol. The molecule has 0 aromatic heterocycles. The van der Waals surface area contributed by atoms with Gasteiger partial charge < -0.3 is 10.1 Å². The zero-order valence-electron chi connectivity index (χ0n) is 14.9. The molecule has 8 heteroatoms. The molecule has 0 bridgehead atoms. The Labute approximate surface area is 155 Å². The summed E-state index contributed by atoms with van der Waals surface area (Å²) >= 11 is 0. The van der Waals surface area contributed by atoms with Crippen molar-refractivity contribution in [2.45, 2.75) is 26.0 Å². The second-order valence-electron chi connectivity index (χ2n) is 5.75. The molecule has 3 N–H and O–H groups in total. The summed E-state index contributed by atoms with van der Waals surface area (Å²) in [5.74, 6) is -1.71. The van der Waals surface area contributed by atoms with E-state index in [0.29, 0.717) is 11.3 Å². The Balaban J connectivity index is 1.78. The van der Waals surface area contributed by atoms with Crippen molar-refractivity contribution in [3.8, 4) is 5.75 Å². The number of hydrogen-bond donors (Lipinski definition) is 3. The number of carbonyl (C=O) groups is 3. The van der Waals surface area contributed by atoms with Crippen LogP contribution in [0.1, 0.15) is 24.2 Å². The summed E-state index contributed by atoms with van der Waals surface area (Å²) in [6, 6.07) is 12.8. The van der Waals surface area contributed by atoms with Crippen molar-refractivity contribution in [3.05, 3.63) is 66.0 Å². The Morgan fingerprint density at radius 1 is 0.889 bits per heavy atom. The van der Waals surface area contributed by atoms with E-state index in [1.54, 1.807) is 30.3 Å². The molecule has 0 radical (unpaired) electrons. The van der Waals surface area contributed by atoms with E-state index in [2.05, 4.69) is 16.2 Å². The van der Waals surface area contributed by atoms with Crippen LogP contribution < -0.4 is 20.9 Å². The van der Waals surface area contributed by atoms with Gasteiger partial charge in [-0.05, 0) is 50.2 Å². The Kier molecular flexibility index (Phi) is 6.87. The van der Waals surface area contributed by atoms with Gasteiger partial charge in [0.25, 0.3) is 17.7 Å². The standard InChI is InChI=1S/C19H20FN3O4/c1-12(21-19(26)14-6-4-3-5-7-14)17(24)22-23-18(25)13(2)27-16-10-8-15(20)9-11-16/h3-13H,1-2H3,(H,21,26)(H,22,24)(H,23,25). The summed E-state index contributed by atoms with van der Waals surface area (Å²) in [5.41, 5.74) is 4.86. The van der Waals surface area contributed by atoms with Gasteiger partial charge in [-0.15, -0.1) is 0 Å². The molecule has 142 valence electrons. The summed E-state index contributed by atoms with van der Waals surface area (Å²) in [6.45, 7) is 2.96. The van der Waals surface area contributed by atoms with Crippen LogP contribution in [0, 0.1) is 5.82 Å². The van der Waals surface area contributed by atoms with E-state index in [0.717, 1.165) is 0 Å². The number of hydrazine groups is 1. The van der Waals surface area contributed by atoms with Crippen molar-refractivity contribution < 1.29 is 23.5 Å². The number of ether oxygens (including phenoxy) is 1. The fraction of sp³-hybridized carbons (Fsp3) is 0.211. The Bertz CT molecular complexity index is 796. The zero-order valence-corrected chi connectivity index (χ0v) is 14.9. The Morgan fingerprint density at radius 2 is 1.48 bits per heavy atom. The number of amides is 3. The number of rotatable bonds is 6. The number of nitrogens with one attached hydrogen (secondary N) is 3. The molecular formula is C19H20FN3O4. The molecule has 0 aliphatic heterocycles. The van der Waals surface area contributed by atoms with Crippen LogP contribution >= 0.6 is 0 Å². The lowest BCUT2D eigenvalue weighted by atomic mass is 10.2. The highest BCUT2D eigenvalue weighted by Crippen LogP contribution is 2.12. The van der Waals surface area contributed by atoms with Gasteiger partial charge in [-0.25, -0.2) is 4.39 Å². The van der Waals surface area contributed by atoms with Crippen LogP contribution in [0.2, 0.25) is 0 Å². The van der Waals surface area contributed by atoms with Crippen LogP contribution in [0.3, 0.4) is 0 Å². The van der Waals surface area contributed by atoms with Crippen LogP contribution in [0.25, 0.3) is 0 Å². The average molecular weight is 373 g/mol. The first-order valence-electron chi connectivity index (χ1n) is 8.24. The van der Waals surface area contributed by atoms with Gasteiger partial charge in [0.1, 0.15) is 17.6 Å². The van der Waals surface area contributed by atoms with Gasteiger partial charge >= 0.3 is 0 Å². The predicted octanol–water partition coefficient (Wildman–Crippen LogP) is 1.56. The molecule has 2 aromatic rings. The predicted molar refractivity (Wildman–Crippen MR) is 96.1 cm³/mol. The van der Waals surface area contributed by atoms with Crippen molar-refractivity contribution >= 4 is 17.7 Å². The summed E-state index contributed by atoms with van der Waals surface area (Å²) in [7, 11) is 0. The molecule has 2 aromatic carbocycles. The van der Waals surface area contributed by atoms with E-state index in [1.165, 1.54) is 38.1 Å². The quantitative estimate of drug-likeness (QED) is 0.670. The van der Waals surface area contributed by atoms with Crippen LogP contribution in [0.5, 0.6) is 5.75 Å². The summed E-state index contributed by atoms with van der Waals surface area (Å²) in [5, 5.41) is 2.52. The van der Waals surface area contributed by atoms with E-state index in [1.807, 2.05) is 0 Å². The fourth-order valence-corrected chi connectivity index (χ4v) is 2.04. The SMILES string of the molecule is CC(NC(=O)c1ccccc1)C(=O)NNC(=O)C(C)Oc1ccc(F)cc1. The number of halogens is 1. The van der Waals surface area contributed by atoms with Gasteiger partial charge in [-0.1, -0.05) is 18.2 Å². The summed E-state index contributed by atoms with van der Waals surface area (Å²) in [6.07, 6.45) is -0.926. The Hall–Kier alpha value is -3.42. The van der Waals surface area contributed by atoms with Crippen molar-refractivity contribution in [2.75, 3.05) is 0 Å². The maximum atomic E-state index is 12.9. The van der Waals surface area contributed by atoms with E-state index < -0.39 is 35.7 Å². The Morgan fingerprint density at radius 3 is 2.11 bits per heavy atom. The molecule has 2 rings (SSSR count). The minimum atomic E-state index is -0.926. The van der Waals surface area contributed by atoms with Crippen molar-refractivity contribution in [3.63, 3.8) is 0 Å². The molecular weight excluding hydrogens is 353 g/mol. The summed E-state index contributed by atoms with van der Waals surface area (Å²) < 4.78 is 18.2. The molecule has 0 spiro atoms. The van der Waals surface area contributed by atoms with E-state index in [-0.39, 0.29) is 0 Å². The number of hydrogen-bond acceptors (Lipinski definition) is 4. The molecule has 0 aliphatic rings. The third-order valence-corrected chi connectivity index (χ3v) is 3.58. The van der Waals surface area contributed by atoms with Gasteiger partial charge in [0, 0.05) is 5.56 Å². The van der Waals surface area contributed by atoms with E-state index in [9.17, 15) is 18.8 Å².